The summed E-state index contributed by atoms with van der Waals surface area (Å²) in [5, 5.41) is 13.1. The molecule has 0 saturated heterocycles. The van der Waals surface area contributed by atoms with Crippen molar-refractivity contribution in [1.29, 1.82) is 0 Å². The van der Waals surface area contributed by atoms with Gasteiger partial charge in [-0.15, -0.1) is 0 Å². The summed E-state index contributed by atoms with van der Waals surface area (Å²) in [6.07, 6.45) is 6.53. The van der Waals surface area contributed by atoms with Crippen LogP contribution in [0.2, 0.25) is 0 Å². The molecule has 3 nitrogen and oxygen atoms in total. The van der Waals surface area contributed by atoms with Crippen LogP contribution < -0.4 is 0 Å². The molecule has 0 amide bonds. The lowest BCUT2D eigenvalue weighted by Crippen LogP contribution is -2.20. The molecule has 0 atom stereocenters. The molecule has 2 rings (SSSR count). The largest absolute Gasteiger partial charge is 0.396 e. The maximum Gasteiger partial charge on any atom is 0.0860 e. The summed E-state index contributed by atoms with van der Waals surface area (Å²) >= 11 is 0. The Kier molecular flexibility index (Phi) is 2.28. The zero-order valence-corrected chi connectivity index (χ0v) is 7.69. The molecule has 1 saturated carbocycles. The zero-order chi connectivity index (χ0) is 9.97. The highest BCUT2D eigenvalue weighted by Crippen LogP contribution is 2.30. The summed E-state index contributed by atoms with van der Waals surface area (Å²) in [5.74, 6) is 0.484. The van der Waals surface area contributed by atoms with Gasteiger partial charge >= 0.3 is 0 Å². The van der Waals surface area contributed by atoms with Crippen molar-refractivity contribution in [2.75, 3.05) is 6.61 Å². The predicted octanol–water partition coefficient (Wildman–Crippen LogP) is 1.61. The maximum atomic E-state index is 9.00. The molecule has 1 aromatic heterocycles. The molecule has 1 N–H and O–H groups in total. The van der Waals surface area contributed by atoms with Crippen molar-refractivity contribution in [2.24, 2.45) is 5.92 Å². The molecule has 1 fully saturated rings. The van der Waals surface area contributed by atoms with E-state index in [1.807, 2.05) is 10.9 Å². The van der Waals surface area contributed by atoms with E-state index in [0.717, 1.165) is 25.7 Å². The first-order chi connectivity index (χ1) is 6.79. The molecule has 1 heterocycles. The molecular formula is C10H16N2O. The molecule has 3 heteroatoms. The normalized spacial score (nSPS) is 30.1. The van der Waals surface area contributed by atoms with Gasteiger partial charge in [0.15, 0.2) is 0 Å². The van der Waals surface area contributed by atoms with Crippen molar-refractivity contribution in [2.45, 2.75) is 31.7 Å². The average molecular weight is 181 g/mol. The fourth-order valence-electron chi connectivity index (χ4n) is 2.04. The van der Waals surface area contributed by atoms with Gasteiger partial charge < -0.3 is 5.11 Å². The Morgan fingerprint density at radius 1 is 1.46 bits per heavy atom. The van der Waals surface area contributed by atoms with Gasteiger partial charge in [0.25, 0.3) is 0 Å². The maximum absolute atomic E-state index is 9.00. The SMILES string of the molecule is [2H]c1ccn(C2CCC(CO)CC2)n1. The van der Waals surface area contributed by atoms with Crippen LogP contribution >= 0.6 is 0 Å². The van der Waals surface area contributed by atoms with Gasteiger partial charge in [0.05, 0.1) is 7.41 Å². The third-order valence-corrected chi connectivity index (χ3v) is 2.92. The molecule has 13 heavy (non-hydrogen) atoms. The van der Waals surface area contributed by atoms with Crippen LogP contribution in [-0.2, 0) is 0 Å². The Hall–Kier alpha value is -0.830. The fourth-order valence-corrected chi connectivity index (χ4v) is 2.04. The molecule has 72 valence electrons. The van der Waals surface area contributed by atoms with Gasteiger partial charge in [0, 0.05) is 19.0 Å². The number of rotatable bonds is 2. The average Bonchev–Trinajstić information content (AvgIpc) is 2.65. The van der Waals surface area contributed by atoms with Crippen molar-refractivity contribution in [3.05, 3.63) is 18.4 Å². The van der Waals surface area contributed by atoms with Gasteiger partial charge in [0.2, 0.25) is 0 Å². The van der Waals surface area contributed by atoms with Gasteiger partial charge in [-0.25, -0.2) is 0 Å². The minimum Gasteiger partial charge on any atom is -0.396 e. The first-order valence-corrected chi connectivity index (χ1v) is 4.92. The van der Waals surface area contributed by atoms with E-state index in [1.165, 1.54) is 0 Å². The molecule has 0 radical (unpaired) electrons. The van der Waals surface area contributed by atoms with E-state index in [-0.39, 0.29) is 0 Å². The van der Waals surface area contributed by atoms with E-state index in [0.29, 0.717) is 24.7 Å². The van der Waals surface area contributed by atoms with Crippen LogP contribution in [0.15, 0.2) is 18.4 Å². The van der Waals surface area contributed by atoms with E-state index in [1.54, 1.807) is 6.07 Å². The lowest BCUT2D eigenvalue weighted by atomic mass is 9.87. The van der Waals surface area contributed by atoms with Crippen molar-refractivity contribution < 1.29 is 6.48 Å². The molecule has 0 spiro atoms. The fraction of sp³-hybridized carbons (Fsp3) is 0.700. The molecule has 0 aliphatic heterocycles. The number of aliphatic hydroxyl groups is 1. The van der Waals surface area contributed by atoms with E-state index in [9.17, 15) is 0 Å². The van der Waals surface area contributed by atoms with Crippen LogP contribution in [0.1, 0.15) is 33.1 Å². The van der Waals surface area contributed by atoms with Crippen molar-refractivity contribution >= 4 is 0 Å². The Bertz CT molecular complexity index is 292. The lowest BCUT2D eigenvalue weighted by molar-refractivity contribution is 0.165. The zero-order valence-electron chi connectivity index (χ0n) is 8.69. The molecule has 1 aliphatic rings. The molecule has 0 aromatic carbocycles. The summed E-state index contributed by atoms with van der Waals surface area (Å²) in [4.78, 5) is 0. The summed E-state index contributed by atoms with van der Waals surface area (Å²) in [7, 11) is 0. The van der Waals surface area contributed by atoms with Crippen LogP contribution in [0.25, 0.3) is 0 Å². The first-order valence-electron chi connectivity index (χ1n) is 5.42. The highest BCUT2D eigenvalue weighted by Gasteiger charge is 2.21. The highest BCUT2D eigenvalue weighted by molar-refractivity contribution is 4.84. The van der Waals surface area contributed by atoms with E-state index in [2.05, 4.69) is 5.10 Å². The second kappa shape index (κ2) is 3.92. The quantitative estimate of drug-likeness (QED) is 0.752. The highest BCUT2D eigenvalue weighted by atomic mass is 16.3. The van der Waals surface area contributed by atoms with Crippen LogP contribution in [0.5, 0.6) is 0 Å². The summed E-state index contributed by atoms with van der Waals surface area (Å²) < 4.78 is 9.24. The van der Waals surface area contributed by atoms with Gasteiger partial charge in [0.1, 0.15) is 0 Å². The lowest BCUT2D eigenvalue weighted by Gasteiger charge is -2.27. The van der Waals surface area contributed by atoms with Gasteiger partial charge in [-0.05, 0) is 37.7 Å². The molecular weight excluding hydrogens is 164 g/mol. The molecule has 1 aromatic rings. The first kappa shape index (κ1) is 7.56. The molecule has 0 unspecified atom stereocenters. The number of aliphatic hydroxyl groups excluding tert-OH is 1. The summed E-state index contributed by atoms with van der Waals surface area (Å²) in [5.41, 5.74) is 0. The second-order valence-electron chi connectivity index (χ2n) is 3.78. The van der Waals surface area contributed by atoms with Crippen molar-refractivity contribution in [1.82, 2.24) is 9.78 Å². The van der Waals surface area contributed by atoms with Crippen LogP contribution in [-0.4, -0.2) is 21.5 Å². The molecule has 0 bridgehead atoms. The smallest absolute Gasteiger partial charge is 0.0860 e. The molecule has 1 aliphatic carbocycles. The monoisotopic (exact) mass is 181 g/mol. The van der Waals surface area contributed by atoms with Crippen molar-refractivity contribution in [3.8, 4) is 0 Å². The number of hydrogen-bond acceptors (Lipinski definition) is 2. The Balaban J connectivity index is 1.95. The number of nitrogens with zero attached hydrogens (tertiary/aromatic N) is 2. The Morgan fingerprint density at radius 2 is 2.23 bits per heavy atom. The Morgan fingerprint density at radius 3 is 2.77 bits per heavy atom. The van der Waals surface area contributed by atoms with Gasteiger partial charge in [-0.2, -0.15) is 5.10 Å². The summed E-state index contributed by atoms with van der Waals surface area (Å²) in [6, 6.07) is 2.16. The Labute approximate surface area is 79.8 Å². The van der Waals surface area contributed by atoms with Crippen LogP contribution in [0.4, 0.5) is 0 Å². The van der Waals surface area contributed by atoms with Crippen LogP contribution in [0.3, 0.4) is 0 Å². The number of hydrogen-bond donors (Lipinski definition) is 1. The van der Waals surface area contributed by atoms with Gasteiger partial charge in [-0.1, -0.05) is 0 Å². The van der Waals surface area contributed by atoms with E-state index < -0.39 is 0 Å². The predicted molar refractivity (Wildman–Crippen MR) is 50.3 cm³/mol. The second-order valence-corrected chi connectivity index (χ2v) is 3.78. The van der Waals surface area contributed by atoms with Crippen LogP contribution in [0, 0.1) is 5.92 Å². The number of aromatic nitrogens is 2. The van der Waals surface area contributed by atoms with E-state index in [4.69, 9.17) is 6.48 Å². The standard InChI is InChI=1S/C10H16N2O/c13-8-9-2-4-10(5-3-9)12-7-1-6-11-12/h1,6-7,9-10,13H,2-5,8H2/i6D. The van der Waals surface area contributed by atoms with E-state index >= 15 is 0 Å². The summed E-state index contributed by atoms with van der Waals surface area (Å²) in [6.45, 7) is 0.315. The van der Waals surface area contributed by atoms with Crippen molar-refractivity contribution in [3.63, 3.8) is 0 Å². The third-order valence-electron chi connectivity index (χ3n) is 2.92. The topological polar surface area (TPSA) is 38.0 Å². The minimum atomic E-state index is 0.315. The minimum absolute atomic E-state index is 0.315. The van der Waals surface area contributed by atoms with Gasteiger partial charge in [-0.3, -0.25) is 4.68 Å². The third kappa shape index (κ3) is 1.91.